The molecule has 4 heteroatoms. The van der Waals surface area contributed by atoms with Crippen LogP contribution in [0.2, 0.25) is 0 Å². The molecule has 13 heavy (non-hydrogen) atoms. The molecule has 1 aliphatic rings. The maximum Gasteiger partial charge on any atom is 0.335 e. The molecule has 1 aromatic carbocycles. The molecule has 0 unspecified atom stereocenters. The highest BCUT2D eigenvalue weighted by atomic mass is 19.1. The number of carboxylic acids is 1. The van der Waals surface area contributed by atoms with Gasteiger partial charge in [-0.05, 0) is 6.07 Å². The molecule has 2 rings (SSSR count). The van der Waals surface area contributed by atoms with Gasteiger partial charge in [-0.3, -0.25) is 0 Å². The van der Waals surface area contributed by atoms with E-state index in [9.17, 15) is 9.18 Å². The van der Waals surface area contributed by atoms with Crippen LogP contribution in [0.15, 0.2) is 24.3 Å². The molecular formula is C9H7FO3. The first kappa shape index (κ1) is 8.19. The highest BCUT2D eigenvalue weighted by Gasteiger charge is 2.47. The maximum absolute atomic E-state index is 13.0. The Kier molecular flexibility index (Phi) is 1.77. The molecule has 0 bridgehead atoms. The van der Waals surface area contributed by atoms with E-state index in [2.05, 4.69) is 0 Å². The van der Waals surface area contributed by atoms with Crippen LogP contribution in [0.4, 0.5) is 4.39 Å². The third-order valence-corrected chi connectivity index (χ3v) is 1.95. The third kappa shape index (κ3) is 1.40. The van der Waals surface area contributed by atoms with Gasteiger partial charge in [-0.25, -0.2) is 9.18 Å². The van der Waals surface area contributed by atoms with Gasteiger partial charge in [0, 0.05) is 5.56 Å². The van der Waals surface area contributed by atoms with Crippen LogP contribution >= 0.6 is 0 Å². The highest BCUT2D eigenvalue weighted by Crippen LogP contribution is 2.39. The predicted octanol–water partition coefficient (Wildman–Crippen LogP) is 1.35. The van der Waals surface area contributed by atoms with Crippen molar-refractivity contribution in [1.82, 2.24) is 0 Å². The van der Waals surface area contributed by atoms with E-state index in [1.165, 1.54) is 12.1 Å². The average molecular weight is 182 g/mol. The Balaban J connectivity index is 2.21. The Morgan fingerprint density at radius 2 is 2.15 bits per heavy atom. The fourth-order valence-electron chi connectivity index (χ4n) is 1.24. The van der Waals surface area contributed by atoms with E-state index < -0.39 is 24.0 Å². The lowest BCUT2D eigenvalue weighted by Gasteiger charge is -1.95. The summed E-state index contributed by atoms with van der Waals surface area (Å²) in [5, 5.41) is 8.53. The molecule has 0 aliphatic carbocycles. The minimum Gasteiger partial charge on any atom is -0.479 e. The molecule has 1 saturated heterocycles. The normalized spacial score (nSPS) is 25.6. The van der Waals surface area contributed by atoms with Crippen LogP contribution in [0.1, 0.15) is 11.7 Å². The number of carboxylic acid groups (broad SMARTS) is 1. The van der Waals surface area contributed by atoms with E-state index in [4.69, 9.17) is 9.84 Å². The largest absolute Gasteiger partial charge is 0.479 e. The van der Waals surface area contributed by atoms with Crippen molar-refractivity contribution in [1.29, 1.82) is 0 Å². The SMILES string of the molecule is O=C(O)[C@@H]1O[C@@H]1c1ccccc1F. The van der Waals surface area contributed by atoms with E-state index in [-0.39, 0.29) is 0 Å². The Bertz CT molecular complexity index is 350. The van der Waals surface area contributed by atoms with Crippen LogP contribution in [-0.4, -0.2) is 17.2 Å². The summed E-state index contributed by atoms with van der Waals surface area (Å²) in [7, 11) is 0. The van der Waals surface area contributed by atoms with Gasteiger partial charge in [0.25, 0.3) is 0 Å². The summed E-state index contributed by atoms with van der Waals surface area (Å²) < 4.78 is 17.8. The van der Waals surface area contributed by atoms with E-state index in [0.717, 1.165) is 0 Å². The van der Waals surface area contributed by atoms with Gasteiger partial charge in [-0.1, -0.05) is 18.2 Å². The Morgan fingerprint density at radius 3 is 2.69 bits per heavy atom. The van der Waals surface area contributed by atoms with Gasteiger partial charge in [0.15, 0.2) is 6.10 Å². The molecule has 1 heterocycles. The molecule has 1 fully saturated rings. The lowest BCUT2D eigenvalue weighted by Crippen LogP contribution is -2.05. The molecule has 0 aromatic heterocycles. The number of halogens is 1. The van der Waals surface area contributed by atoms with E-state index in [1.54, 1.807) is 12.1 Å². The summed E-state index contributed by atoms with van der Waals surface area (Å²) in [6.07, 6.45) is -1.49. The van der Waals surface area contributed by atoms with Crippen LogP contribution in [0.25, 0.3) is 0 Å². The quantitative estimate of drug-likeness (QED) is 0.702. The zero-order valence-corrected chi connectivity index (χ0v) is 6.61. The van der Waals surface area contributed by atoms with Gasteiger partial charge in [0.05, 0.1) is 0 Å². The average Bonchev–Trinajstić information content (AvgIpc) is 2.84. The van der Waals surface area contributed by atoms with Gasteiger partial charge >= 0.3 is 5.97 Å². The number of rotatable bonds is 2. The molecule has 2 atom stereocenters. The first-order chi connectivity index (χ1) is 6.20. The van der Waals surface area contributed by atoms with Crippen molar-refractivity contribution in [3.8, 4) is 0 Å². The van der Waals surface area contributed by atoms with Gasteiger partial charge < -0.3 is 9.84 Å². The van der Waals surface area contributed by atoms with Gasteiger partial charge in [-0.15, -0.1) is 0 Å². The number of aliphatic carboxylic acids is 1. The second kappa shape index (κ2) is 2.81. The summed E-state index contributed by atoms with van der Waals surface area (Å²) >= 11 is 0. The Morgan fingerprint density at radius 1 is 1.46 bits per heavy atom. The molecule has 0 amide bonds. The van der Waals surface area contributed by atoms with Crippen LogP contribution < -0.4 is 0 Å². The van der Waals surface area contributed by atoms with Gasteiger partial charge in [0.1, 0.15) is 11.9 Å². The molecule has 1 aliphatic heterocycles. The number of epoxide rings is 1. The molecule has 0 radical (unpaired) electrons. The second-order valence-corrected chi connectivity index (χ2v) is 2.84. The van der Waals surface area contributed by atoms with Crippen molar-refractivity contribution in [3.63, 3.8) is 0 Å². The van der Waals surface area contributed by atoms with Crippen molar-refractivity contribution >= 4 is 5.97 Å². The molecule has 68 valence electrons. The minimum atomic E-state index is -1.05. The first-order valence-corrected chi connectivity index (χ1v) is 3.83. The van der Waals surface area contributed by atoms with Crippen molar-refractivity contribution in [2.24, 2.45) is 0 Å². The summed E-state index contributed by atoms with van der Waals surface area (Å²) in [6, 6.07) is 6.02. The van der Waals surface area contributed by atoms with Crippen LogP contribution in [0.3, 0.4) is 0 Å². The van der Waals surface area contributed by atoms with Gasteiger partial charge in [0.2, 0.25) is 0 Å². The summed E-state index contributed by atoms with van der Waals surface area (Å²) in [5.74, 6) is -1.47. The molecule has 0 saturated carbocycles. The molecule has 0 spiro atoms. The summed E-state index contributed by atoms with van der Waals surface area (Å²) in [5.41, 5.74) is 0.315. The Hall–Kier alpha value is -1.42. The minimum absolute atomic E-state index is 0.315. The predicted molar refractivity (Wildman–Crippen MR) is 41.6 cm³/mol. The number of benzene rings is 1. The van der Waals surface area contributed by atoms with Crippen molar-refractivity contribution in [2.45, 2.75) is 12.2 Å². The molecular weight excluding hydrogens is 175 g/mol. The van der Waals surface area contributed by atoms with Crippen molar-refractivity contribution in [2.75, 3.05) is 0 Å². The van der Waals surface area contributed by atoms with Crippen molar-refractivity contribution in [3.05, 3.63) is 35.6 Å². The van der Waals surface area contributed by atoms with Crippen LogP contribution in [-0.2, 0) is 9.53 Å². The molecule has 1 aromatic rings. The fraction of sp³-hybridized carbons (Fsp3) is 0.222. The molecule has 1 N–H and O–H groups in total. The zero-order valence-electron chi connectivity index (χ0n) is 6.61. The third-order valence-electron chi connectivity index (χ3n) is 1.95. The van der Waals surface area contributed by atoms with Gasteiger partial charge in [-0.2, -0.15) is 0 Å². The number of hydrogen-bond acceptors (Lipinski definition) is 2. The lowest BCUT2D eigenvalue weighted by atomic mass is 10.1. The highest BCUT2D eigenvalue weighted by molar-refractivity contribution is 5.76. The van der Waals surface area contributed by atoms with Crippen molar-refractivity contribution < 1.29 is 19.0 Å². The second-order valence-electron chi connectivity index (χ2n) is 2.84. The topological polar surface area (TPSA) is 49.8 Å². The number of ether oxygens (including phenoxy) is 1. The maximum atomic E-state index is 13.0. The summed E-state index contributed by atoms with van der Waals surface area (Å²) in [4.78, 5) is 10.4. The van der Waals surface area contributed by atoms with E-state index in [1.807, 2.05) is 0 Å². The number of hydrogen-bond donors (Lipinski definition) is 1. The van der Waals surface area contributed by atoms with Crippen LogP contribution in [0.5, 0.6) is 0 Å². The summed E-state index contributed by atoms with van der Waals surface area (Å²) in [6.45, 7) is 0. The fourth-order valence-corrected chi connectivity index (χ4v) is 1.24. The zero-order chi connectivity index (χ0) is 9.42. The first-order valence-electron chi connectivity index (χ1n) is 3.83. The standard InChI is InChI=1S/C9H7FO3/c10-6-4-2-1-3-5(6)7-8(13-7)9(11)12/h1-4,7-8H,(H,11,12)/t7-,8-/m1/s1. The monoisotopic (exact) mass is 182 g/mol. The van der Waals surface area contributed by atoms with E-state index >= 15 is 0 Å². The lowest BCUT2D eigenvalue weighted by molar-refractivity contribution is -0.138. The smallest absolute Gasteiger partial charge is 0.335 e. The molecule has 3 nitrogen and oxygen atoms in total. The Labute approximate surface area is 73.8 Å². The number of carbonyl (C=O) groups is 1. The van der Waals surface area contributed by atoms with E-state index in [0.29, 0.717) is 5.56 Å². The van der Waals surface area contributed by atoms with Crippen LogP contribution in [0, 0.1) is 5.82 Å².